The molecule has 0 fully saturated rings. The molecule has 0 bridgehead atoms. The Hall–Kier alpha value is -2.82. The lowest BCUT2D eigenvalue weighted by Gasteiger charge is -2.13. The zero-order valence-electron chi connectivity index (χ0n) is 13.5. The highest BCUT2D eigenvalue weighted by atomic mass is 16.2. The normalized spacial score (nSPS) is 10.3. The number of benzene rings is 2. The quantitative estimate of drug-likeness (QED) is 0.804. The molecule has 120 valence electrons. The molecule has 23 heavy (non-hydrogen) atoms. The van der Waals surface area contributed by atoms with Crippen LogP contribution in [-0.4, -0.2) is 18.0 Å². The van der Waals surface area contributed by atoms with E-state index in [0.717, 1.165) is 11.3 Å². The highest BCUT2D eigenvalue weighted by Gasteiger charge is 2.13. The van der Waals surface area contributed by atoms with E-state index in [0.29, 0.717) is 11.3 Å². The average molecular weight is 311 g/mol. The molecule has 0 saturated heterocycles. The van der Waals surface area contributed by atoms with Gasteiger partial charge in [-0.3, -0.25) is 4.79 Å². The van der Waals surface area contributed by atoms with Crippen molar-refractivity contribution in [1.29, 1.82) is 0 Å². The molecule has 3 N–H and O–H groups in total. The monoisotopic (exact) mass is 311 g/mol. The number of hydrogen-bond donors (Lipinski definition) is 3. The lowest BCUT2D eigenvalue weighted by atomic mass is 10.1. The number of para-hydroxylation sites is 1. The molecule has 0 aliphatic carbocycles. The van der Waals surface area contributed by atoms with Crippen LogP contribution >= 0.6 is 0 Å². The van der Waals surface area contributed by atoms with Gasteiger partial charge in [0.2, 0.25) is 0 Å². The molecule has 0 saturated carbocycles. The largest absolute Gasteiger partial charge is 0.336 e. The topological polar surface area (TPSA) is 70.2 Å². The predicted molar refractivity (Wildman–Crippen MR) is 92.9 cm³/mol. The summed E-state index contributed by atoms with van der Waals surface area (Å²) in [4.78, 5) is 24.3. The Morgan fingerprint density at radius 1 is 0.957 bits per heavy atom. The van der Waals surface area contributed by atoms with Crippen molar-refractivity contribution in [3.8, 4) is 0 Å². The third kappa shape index (κ3) is 4.85. The summed E-state index contributed by atoms with van der Waals surface area (Å²) in [5, 5.41) is 8.28. The fraction of sp³-hybridized carbons (Fsp3) is 0.222. The summed E-state index contributed by atoms with van der Waals surface area (Å²) >= 11 is 0. The van der Waals surface area contributed by atoms with Crippen LogP contribution in [-0.2, 0) is 0 Å². The number of rotatable bonds is 4. The summed E-state index contributed by atoms with van der Waals surface area (Å²) < 4.78 is 0. The van der Waals surface area contributed by atoms with Crippen LogP contribution < -0.4 is 16.0 Å². The van der Waals surface area contributed by atoms with Gasteiger partial charge in [0.1, 0.15) is 0 Å². The first kappa shape index (κ1) is 16.5. The van der Waals surface area contributed by atoms with Crippen molar-refractivity contribution in [3.05, 3.63) is 59.7 Å². The Bertz CT molecular complexity index is 711. The summed E-state index contributed by atoms with van der Waals surface area (Å²) in [7, 11) is 0. The summed E-state index contributed by atoms with van der Waals surface area (Å²) in [5.74, 6) is -0.268. The van der Waals surface area contributed by atoms with Gasteiger partial charge in [0, 0.05) is 11.7 Å². The van der Waals surface area contributed by atoms with E-state index in [2.05, 4.69) is 16.0 Å². The molecular formula is C18H21N3O2. The molecule has 0 atom stereocenters. The van der Waals surface area contributed by atoms with Crippen molar-refractivity contribution >= 4 is 23.3 Å². The SMILES string of the molecule is Cc1cccc(NC(=O)c2ccccc2NC(=O)NC(C)C)c1. The van der Waals surface area contributed by atoms with Gasteiger partial charge in [0.05, 0.1) is 11.3 Å². The van der Waals surface area contributed by atoms with E-state index in [4.69, 9.17) is 0 Å². The van der Waals surface area contributed by atoms with Crippen LogP contribution in [0.1, 0.15) is 29.8 Å². The number of nitrogens with one attached hydrogen (secondary N) is 3. The van der Waals surface area contributed by atoms with Gasteiger partial charge in [-0.1, -0.05) is 24.3 Å². The summed E-state index contributed by atoms with van der Waals surface area (Å²) in [6.07, 6.45) is 0. The molecule has 2 rings (SSSR count). The van der Waals surface area contributed by atoms with Gasteiger partial charge in [-0.05, 0) is 50.6 Å². The molecule has 0 aliphatic heterocycles. The van der Waals surface area contributed by atoms with E-state index in [-0.39, 0.29) is 18.0 Å². The number of carbonyl (C=O) groups excluding carboxylic acids is 2. The van der Waals surface area contributed by atoms with Crippen LogP contribution in [0.3, 0.4) is 0 Å². The summed E-state index contributed by atoms with van der Waals surface area (Å²) in [6, 6.07) is 14.1. The Morgan fingerprint density at radius 2 is 1.70 bits per heavy atom. The van der Waals surface area contributed by atoms with Crippen molar-refractivity contribution in [2.24, 2.45) is 0 Å². The Labute approximate surface area is 136 Å². The second kappa shape index (κ2) is 7.45. The standard InChI is InChI=1S/C18H21N3O2/c1-12(2)19-18(23)21-16-10-5-4-9-15(16)17(22)20-14-8-6-7-13(3)11-14/h4-12H,1-3H3,(H,20,22)(H2,19,21,23). The van der Waals surface area contributed by atoms with E-state index in [1.807, 2.05) is 45.0 Å². The first-order valence-corrected chi connectivity index (χ1v) is 7.50. The fourth-order valence-corrected chi connectivity index (χ4v) is 2.13. The van der Waals surface area contributed by atoms with Crippen molar-refractivity contribution in [2.45, 2.75) is 26.8 Å². The number of urea groups is 1. The van der Waals surface area contributed by atoms with Gasteiger partial charge in [0.25, 0.3) is 5.91 Å². The maximum Gasteiger partial charge on any atom is 0.319 e. The smallest absolute Gasteiger partial charge is 0.319 e. The third-order valence-electron chi connectivity index (χ3n) is 3.12. The van der Waals surface area contributed by atoms with Crippen LogP contribution in [0.2, 0.25) is 0 Å². The van der Waals surface area contributed by atoms with Crippen molar-refractivity contribution in [1.82, 2.24) is 5.32 Å². The van der Waals surface area contributed by atoms with Gasteiger partial charge < -0.3 is 16.0 Å². The van der Waals surface area contributed by atoms with Gasteiger partial charge in [0.15, 0.2) is 0 Å². The predicted octanol–water partition coefficient (Wildman–Crippen LogP) is 3.78. The molecule has 5 nitrogen and oxygen atoms in total. The minimum Gasteiger partial charge on any atom is -0.336 e. The maximum atomic E-state index is 12.5. The number of aryl methyl sites for hydroxylation is 1. The molecule has 0 aliphatic rings. The number of amides is 3. The summed E-state index contributed by atoms with van der Waals surface area (Å²) in [6.45, 7) is 5.70. The molecule has 0 aromatic heterocycles. The molecular weight excluding hydrogens is 290 g/mol. The van der Waals surface area contributed by atoms with E-state index in [1.165, 1.54) is 0 Å². The van der Waals surface area contributed by atoms with Gasteiger partial charge in [-0.25, -0.2) is 4.79 Å². The molecule has 0 heterocycles. The van der Waals surface area contributed by atoms with Crippen molar-refractivity contribution < 1.29 is 9.59 Å². The van der Waals surface area contributed by atoms with Crippen LogP contribution in [0.5, 0.6) is 0 Å². The lowest BCUT2D eigenvalue weighted by Crippen LogP contribution is -2.34. The van der Waals surface area contributed by atoms with E-state index in [9.17, 15) is 9.59 Å². The third-order valence-corrected chi connectivity index (χ3v) is 3.12. The molecule has 5 heteroatoms. The van der Waals surface area contributed by atoms with Crippen LogP contribution in [0, 0.1) is 6.92 Å². The first-order valence-electron chi connectivity index (χ1n) is 7.50. The van der Waals surface area contributed by atoms with E-state index < -0.39 is 0 Å². The molecule has 0 spiro atoms. The molecule has 2 aromatic carbocycles. The number of anilines is 2. The van der Waals surface area contributed by atoms with Gasteiger partial charge in [-0.15, -0.1) is 0 Å². The molecule has 0 radical (unpaired) electrons. The number of hydrogen-bond acceptors (Lipinski definition) is 2. The van der Waals surface area contributed by atoms with Crippen LogP contribution in [0.15, 0.2) is 48.5 Å². The second-order valence-corrected chi connectivity index (χ2v) is 5.62. The fourth-order valence-electron chi connectivity index (χ4n) is 2.13. The minimum absolute atomic E-state index is 0.0169. The van der Waals surface area contributed by atoms with Gasteiger partial charge >= 0.3 is 6.03 Å². The summed E-state index contributed by atoms with van der Waals surface area (Å²) in [5.41, 5.74) is 2.66. The highest BCUT2D eigenvalue weighted by Crippen LogP contribution is 2.18. The Balaban J connectivity index is 2.15. The number of carbonyl (C=O) groups is 2. The Kier molecular flexibility index (Phi) is 5.36. The van der Waals surface area contributed by atoms with E-state index in [1.54, 1.807) is 24.3 Å². The first-order chi connectivity index (χ1) is 11.0. The van der Waals surface area contributed by atoms with E-state index >= 15 is 0 Å². The van der Waals surface area contributed by atoms with Crippen molar-refractivity contribution in [3.63, 3.8) is 0 Å². The second-order valence-electron chi connectivity index (χ2n) is 5.62. The van der Waals surface area contributed by atoms with Crippen LogP contribution in [0.4, 0.5) is 16.2 Å². The van der Waals surface area contributed by atoms with Crippen molar-refractivity contribution in [2.75, 3.05) is 10.6 Å². The minimum atomic E-state index is -0.337. The molecule has 2 aromatic rings. The lowest BCUT2D eigenvalue weighted by molar-refractivity contribution is 0.102. The van der Waals surface area contributed by atoms with Crippen LogP contribution in [0.25, 0.3) is 0 Å². The zero-order chi connectivity index (χ0) is 16.8. The Morgan fingerprint density at radius 3 is 2.39 bits per heavy atom. The molecule has 0 unspecified atom stereocenters. The average Bonchev–Trinajstić information content (AvgIpc) is 2.46. The zero-order valence-corrected chi connectivity index (χ0v) is 13.5. The molecule has 3 amide bonds. The maximum absolute atomic E-state index is 12.5. The highest BCUT2D eigenvalue weighted by molar-refractivity contribution is 6.10. The van der Waals surface area contributed by atoms with Gasteiger partial charge in [-0.2, -0.15) is 0 Å².